The Bertz CT molecular complexity index is 1160. The van der Waals surface area contributed by atoms with E-state index in [-0.39, 0.29) is 0 Å². The molecule has 5 aromatic carbocycles. The molecule has 0 radical (unpaired) electrons. The van der Waals surface area contributed by atoms with Crippen LogP contribution in [-0.4, -0.2) is 7.05 Å². The maximum absolute atomic E-state index is 3.05. The first-order valence-electron chi connectivity index (χ1n) is 8.11. The summed E-state index contributed by atoms with van der Waals surface area (Å²) in [5.74, 6) is 0. The van der Waals surface area contributed by atoms with Crippen LogP contribution in [0.2, 0.25) is 0 Å². The maximum Gasteiger partial charge on any atom is 0.0499 e. The largest absolute Gasteiger partial charge is 0.344 e. The van der Waals surface area contributed by atoms with Gasteiger partial charge in [0.15, 0.2) is 0 Å². The van der Waals surface area contributed by atoms with Crippen molar-refractivity contribution in [1.29, 1.82) is 0 Å². The first-order valence-corrected chi connectivity index (χ1v) is 8.11. The Morgan fingerprint density at radius 1 is 0.750 bits per heavy atom. The predicted octanol–water partition coefficient (Wildman–Crippen LogP) is 5.95. The standard InChI is InChI=1S/C23H15N/c1-24(19-10-3-2-4-11-19)21-15-18-9-5-7-16-13-14-17-8-6-12-20(21)23(17)22(16)18/h3,5-15H,1H3. The van der Waals surface area contributed by atoms with Crippen molar-refractivity contribution in [3.8, 4) is 0 Å². The van der Waals surface area contributed by atoms with Crippen molar-refractivity contribution < 1.29 is 0 Å². The molecule has 0 aliphatic rings. The zero-order chi connectivity index (χ0) is 16.1. The van der Waals surface area contributed by atoms with Crippen molar-refractivity contribution in [2.45, 2.75) is 0 Å². The number of hydrogen-bond acceptors (Lipinski definition) is 1. The van der Waals surface area contributed by atoms with Crippen LogP contribution in [0.4, 0.5) is 11.4 Å². The lowest BCUT2D eigenvalue weighted by Gasteiger charge is -2.23. The normalized spacial score (nSPS) is 11.2. The van der Waals surface area contributed by atoms with Gasteiger partial charge in [-0.25, -0.2) is 0 Å². The van der Waals surface area contributed by atoms with E-state index in [0.717, 1.165) is 5.69 Å². The summed E-state index contributed by atoms with van der Waals surface area (Å²) in [7, 11) is 2.11. The lowest BCUT2D eigenvalue weighted by Crippen LogP contribution is -2.09. The van der Waals surface area contributed by atoms with E-state index in [4.69, 9.17) is 0 Å². The zero-order valence-electron chi connectivity index (χ0n) is 13.4. The van der Waals surface area contributed by atoms with Crippen LogP contribution in [0.3, 0.4) is 0 Å². The Balaban J connectivity index is 1.92. The lowest BCUT2D eigenvalue weighted by atomic mass is 9.93. The van der Waals surface area contributed by atoms with Crippen LogP contribution in [-0.2, 0) is 0 Å². The second kappa shape index (κ2) is 4.88. The van der Waals surface area contributed by atoms with E-state index < -0.39 is 0 Å². The SMILES string of the molecule is CN(c1cc#ccc1)c1cc2cccc3ccc4cccc1c4c32. The van der Waals surface area contributed by atoms with Crippen molar-refractivity contribution in [3.63, 3.8) is 0 Å². The quantitative estimate of drug-likeness (QED) is 0.364. The Kier molecular flexibility index (Phi) is 2.69. The molecule has 5 rings (SSSR count). The number of benzene rings is 4. The Morgan fingerprint density at radius 3 is 2.29 bits per heavy atom. The minimum Gasteiger partial charge on any atom is -0.344 e. The predicted molar refractivity (Wildman–Crippen MR) is 102 cm³/mol. The summed E-state index contributed by atoms with van der Waals surface area (Å²) in [5, 5.41) is 7.86. The van der Waals surface area contributed by atoms with Crippen LogP contribution in [0.1, 0.15) is 0 Å². The van der Waals surface area contributed by atoms with E-state index >= 15 is 0 Å². The fourth-order valence-electron chi connectivity index (χ4n) is 3.71. The van der Waals surface area contributed by atoms with Gasteiger partial charge in [0.05, 0.1) is 0 Å². The van der Waals surface area contributed by atoms with E-state index in [1.54, 1.807) is 0 Å². The highest BCUT2D eigenvalue weighted by Gasteiger charge is 2.14. The summed E-state index contributed by atoms with van der Waals surface area (Å²) in [4.78, 5) is 2.23. The van der Waals surface area contributed by atoms with Crippen molar-refractivity contribution in [3.05, 3.63) is 84.9 Å². The second-order valence-corrected chi connectivity index (χ2v) is 6.19. The number of nitrogens with zero attached hydrogens (tertiary/aromatic N) is 1. The fraction of sp³-hybridized carbons (Fsp3) is 0.0435. The molecule has 1 nitrogen and oxygen atoms in total. The Morgan fingerprint density at radius 2 is 1.50 bits per heavy atom. The van der Waals surface area contributed by atoms with E-state index in [0.29, 0.717) is 0 Å². The molecule has 112 valence electrons. The summed E-state index contributed by atoms with van der Waals surface area (Å²) >= 11 is 0. The average Bonchev–Trinajstić information content (AvgIpc) is 2.66. The van der Waals surface area contributed by atoms with E-state index in [9.17, 15) is 0 Å². The molecule has 0 bridgehead atoms. The van der Waals surface area contributed by atoms with Gasteiger partial charge in [-0.1, -0.05) is 60.7 Å². The molecule has 0 aromatic heterocycles. The molecule has 0 amide bonds. The molecule has 0 saturated heterocycles. The van der Waals surface area contributed by atoms with Gasteiger partial charge in [-0.3, -0.25) is 0 Å². The van der Waals surface area contributed by atoms with Gasteiger partial charge in [-0.2, -0.15) is 0 Å². The van der Waals surface area contributed by atoms with Crippen molar-refractivity contribution in [2.24, 2.45) is 0 Å². The fourth-order valence-corrected chi connectivity index (χ4v) is 3.71. The molecular formula is C23H15N. The highest BCUT2D eigenvalue weighted by Crippen LogP contribution is 2.40. The molecule has 0 N–H and O–H groups in total. The third-order valence-electron chi connectivity index (χ3n) is 4.88. The van der Waals surface area contributed by atoms with Gasteiger partial charge in [0, 0.05) is 29.9 Å². The Hall–Kier alpha value is -3.24. The van der Waals surface area contributed by atoms with Crippen LogP contribution in [0, 0.1) is 12.1 Å². The molecule has 0 heterocycles. The topological polar surface area (TPSA) is 3.24 Å². The molecule has 1 heteroatoms. The number of hydrogen-bond donors (Lipinski definition) is 0. The molecular weight excluding hydrogens is 290 g/mol. The van der Waals surface area contributed by atoms with Crippen LogP contribution in [0.5, 0.6) is 0 Å². The minimum absolute atomic E-state index is 1.11. The first-order chi connectivity index (χ1) is 11.8. The summed E-state index contributed by atoms with van der Waals surface area (Å²) in [6, 6.07) is 31.8. The van der Waals surface area contributed by atoms with Gasteiger partial charge in [-0.15, -0.1) is 0 Å². The maximum atomic E-state index is 3.05. The van der Waals surface area contributed by atoms with Gasteiger partial charge in [0.2, 0.25) is 0 Å². The first kappa shape index (κ1) is 13.2. The van der Waals surface area contributed by atoms with E-state index in [1.807, 2.05) is 12.1 Å². The van der Waals surface area contributed by atoms with E-state index in [1.165, 1.54) is 38.0 Å². The van der Waals surface area contributed by atoms with Crippen LogP contribution in [0.15, 0.2) is 72.8 Å². The summed E-state index contributed by atoms with van der Waals surface area (Å²) in [6.07, 6.45) is 0. The van der Waals surface area contributed by atoms with Gasteiger partial charge < -0.3 is 4.90 Å². The van der Waals surface area contributed by atoms with E-state index in [2.05, 4.69) is 84.7 Å². The van der Waals surface area contributed by atoms with Crippen molar-refractivity contribution in [2.75, 3.05) is 11.9 Å². The van der Waals surface area contributed by atoms with Gasteiger partial charge in [-0.05, 0) is 45.1 Å². The summed E-state index contributed by atoms with van der Waals surface area (Å²) in [5.41, 5.74) is 2.33. The lowest BCUT2D eigenvalue weighted by molar-refractivity contribution is 1.23. The number of rotatable bonds is 2. The summed E-state index contributed by atoms with van der Waals surface area (Å²) < 4.78 is 0. The van der Waals surface area contributed by atoms with Crippen LogP contribution >= 0.6 is 0 Å². The van der Waals surface area contributed by atoms with Gasteiger partial charge in [0.25, 0.3) is 0 Å². The summed E-state index contributed by atoms with van der Waals surface area (Å²) in [6.45, 7) is 0. The van der Waals surface area contributed by atoms with Crippen LogP contribution in [0.25, 0.3) is 32.3 Å². The van der Waals surface area contributed by atoms with Crippen molar-refractivity contribution in [1.82, 2.24) is 0 Å². The average molecular weight is 305 g/mol. The molecule has 0 aliphatic heterocycles. The molecule has 0 fully saturated rings. The van der Waals surface area contributed by atoms with Gasteiger partial charge in [0.1, 0.15) is 0 Å². The zero-order valence-corrected chi connectivity index (χ0v) is 13.4. The molecule has 0 unspecified atom stereocenters. The van der Waals surface area contributed by atoms with Crippen molar-refractivity contribution >= 4 is 43.7 Å². The second-order valence-electron chi connectivity index (χ2n) is 6.19. The molecule has 0 spiro atoms. The smallest absolute Gasteiger partial charge is 0.0499 e. The highest BCUT2D eigenvalue weighted by atomic mass is 15.1. The molecule has 24 heavy (non-hydrogen) atoms. The monoisotopic (exact) mass is 305 g/mol. The third kappa shape index (κ3) is 1.77. The minimum atomic E-state index is 1.11. The third-order valence-corrected chi connectivity index (χ3v) is 4.88. The molecule has 0 atom stereocenters. The number of anilines is 2. The van der Waals surface area contributed by atoms with Gasteiger partial charge >= 0.3 is 0 Å². The van der Waals surface area contributed by atoms with Crippen LogP contribution < -0.4 is 4.90 Å². The molecule has 5 aromatic rings. The molecule has 0 aliphatic carbocycles. The Labute approximate surface area is 141 Å². The highest BCUT2D eigenvalue weighted by molar-refractivity contribution is 6.26. The molecule has 0 saturated carbocycles.